The highest BCUT2D eigenvalue weighted by Gasteiger charge is 2.33. The molecule has 0 spiro atoms. The highest BCUT2D eigenvalue weighted by molar-refractivity contribution is 6.87. The Balaban J connectivity index is 2.87. The van der Waals surface area contributed by atoms with Gasteiger partial charge >= 0.3 is 5.97 Å². The number of carboxylic acids is 1. The van der Waals surface area contributed by atoms with Crippen molar-refractivity contribution < 1.29 is 23.5 Å². The molecule has 4 nitrogen and oxygen atoms in total. The maximum Gasteiger partial charge on any atom is 0.327 e. The fraction of sp³-hybridized carbons (Fsp3) is 0.444. The van der Waals surface area contributed by atoms with Gasteiger partial charge in [-0.15, -0.1) is 11.5 Å². The van der Waals surface area contributed by atoms with Crippen molar-refractivity contribution in [3.8, 4) is 11.5 Å². The van der Waals surface area contributed by atoms with Crippen LogP contribution in [0.4, 0.5) is 8.78 Å². The average Bonchev–Trinajstić information content (AvgIpc) is 2.47. The zero-order valence-electron chi connectivity index (χ0n) is 15.0. The van der Waals surface area contributed by atoms with Crippen molar-refractivity contribution in [2.45, 2.75) is 51.4 Å². The molecule has 7 heteroatoms. The summed E-state index contributed by atoms with van der Waals surface area (Å²) in [6.07, 6.45) is -0.0583. The second kappa shape index (κ2) is 7.79. The van der Waals surface area contributed by atoms with Crippen LogP contribution in [0.25, 0.3) is 0 Å². The molecule has 0 aromatic heterocycles. The topological polar surface area (TPSA) is 66.4 Å². The monoisotopic (exact) mass is 367 g/mol. The third-order valence-corrected chi connectivity index (χ3v) is 8.92. The molecule has 0 unspecified atom stereocenters. The Morgan fingerprint density at radius 2 is 1.84 bits per heavy atom. The van der Waals surface area contributed by atoms with Gasteiger partial charge in [-0.2, -0.15) is 0 Å². The van der Waals surface area contributed by atoms with Crippen molar-refractivity contribution in [3.63, 3.8) is 0 Å². The van der Waals surface area contributed by atoms with Gasteiger partial charge < -0.3 is 10.4 Å². The van der Waals surface area contributed by atoms with Crippen molar-refractivity contribution in [1.29, 1.82) is 0 Å². The molecule has 0 bridgehead atoms. The smallest absolute Gasteiger partial charge is 0.327 e. The zero-order valence-corrected chi connectivity index (χ0v) is 16.0. The number of aliphatic carboxylic acids is 1. The molecule has 136 valence electrons. The van der Waals surface area contributed by atoms with Crippen LogP contribution in [0.1, 0.15) is 37.6 Å². The molecule has 1 atom stereocenters. The predicted octanol–water partition coefficient (Wildman–Crippen LogP) is 3.59. The van der Waals surface area contributed by atoms with Gasteiger partial charge in [0.25, 0.3) is 5.91 Å². The molecule has 1 amide bonds. The van der Waals surface area contributed by atoms with Crippen LogP contribution in [0.5, 0.6) is 0 Å². The minimum Gasteiger partial charge on any atom is -0.480 e. The number of carbonyl (C=O) groups excluding carboxylic acids is 1. The van der Waals surface area contributed by atoms with Gasteiger partial charge in [-0.3, -0.25) is 4.79 Å². The highest BCUT2D eigenvalue weighted by atomic mass is 28.3. The van der Waals surface area contributed by atoms with E-state index in [1.807, 2.05) is 0 Å². The summed E-state index contributed by atoms with van der Waals surface area (Å²) in [7, 11) is -1.88. The quantitative estimate of drug-likeness (QED) is 0.631. The molecule has 25 heavy (non-hydrogen) atoms. The molecule has 0 aliphatic rings. The van der Waals surface area contributed by atoms with E-state index in [1.54, 1.807) is 0 Å². The Morgan fingerprint density at radius 1 is 1.24 bits per heavy atom. The summed E-state index contributed by atoms with van der Waals surface area (Å²) < 4.78 is 26.1. The summed E-state index contributed by atoms with van der Waals surface area (Å²) in [6.45, 7) is 10.5. The third-order valence-electron chi connectivity index (χ3n) is 4.37. The molecule has 1 rings (SSSR count). The molecule has 0 saturated heterocycles. The average molecular weight is 367 g/mol. The van der Waals surface area contributed by atoms with Crippen LogP contribution in [0.3, 0.4) is 0 Å². The molecule has 0 aliphatic heterocycles. The van der Waals surface area contributed by atoms with Gasteiger partial charge in [0.15, 0.2) is 11.6 Å². The van der Waals surface area contributed by atoms with Crippen molar-refractivity contribution in [3.05, 3.63) is 35.4 Å². The van der Waals surface area contributed by atoms with E-state index in [0.29, 0.717) is 0 Å². The van der Waals surface area contributed by atoms with E-state index in [4.69, 9.17) is 0 Å². The Bertz CT molecular complexity index is 730. The molecule has 1 aromatic carbocycles. The fourth-order valence-electron chi connectivity index (χ4n) is 1.64. The highest BCUT2D eigenvalue weighted by Crippen LogP contribution is 2.35. The minimum atomic E-state index is -1.88. The van der Waals surface area contributed by atoms with Crippen molar-refractivity contribution >= 4 is 20.0 Å². The molecular formula is C18H23F2NO3Si. The van der Waals surface area contributed by atoms with Crippen LogP contribution in [0.15, 0.2) is 18.2 Å². The Labute approximate surface area is 147 Å². The van der Waals surface area contributed by atoms with Crippen LogP contribution < -0.4 is 5.32 Å². The van der Waals surface area contributed by atoms with Gasteiger partial charge in [0.2, 0.25) is 0 Å². The second-order valence-corrected chi connectivity index (χ2v) is 12.4. The van der Waals surface area contributed by atoms with E-state index < -0.39 is 37.6 Å². The van der Waals surface area contributed by atoms with E-state index >= 15 is 0 Å². The van der Waals surface area contributed by atoms with Gasteiger partial charge in [-0.05, 0) is 23.2 Å². The zero-order chi connectivity index (χ0) is 19.4. The lowest BCUT2D eigenvalue weighted by atomic mass is 10.1. The van der Waals surface area contributed by atoms with Gasteiger partial charge in [0, 0.05) is 12.0 Å². The van der Waals surface area contributed by atoms with Crippen LogP contribution >= 0.6 is 0 Å². The number of amides is 1. The molecular weight excluding hydrogens is 344 g/mol. The summed E-state index contributed by atoms with van der Waals surface area (Å²) >= 11 is 0. The Morgan fingerprint density at radius 3 is 2.32 bits per heavy atom. The number of nitrogens with one attached hydrogen (secondary N) is 1. The lowest BCUT2D eigenvalue weighted by Gasteiger charge is -2.31. The maximum absolute atomic E-state index is 13.2. The molecule has 0 heterocycles. The molecule has 0 aliphatic carbocycles. The standard InChI is InChI=1S/C18H23F2NO3Si/c1-18(2,3)25(4,5)10-6-7-15(17(23)24)21-16(22)12-8-9-13(19)14(20)11-12/h8-9,11,15H,7H2,1-5H3,(H,21,22)(H,23,24)/t15-/m1/s1. The van der Waals surface area contributed by atoms with E-state index in [9.17, 15) is 23.5 Å². The first-order valence-corrected chi connectivity index (χ1v) is 10.8. The van der Waals surface area contributed by atoms with Crippen molar-refractivity contribution in [1.82, 2.24) is 5.32 Å². The number of hydrogen-bond donors (Lipinski definition) is 2. The molecule has 0 radical (unpaired) electrons. The van der Waals surface area contributed by atoms with Crippen LogP contribution in [-0.2, 0) is 4.79 Å². The van der Waals surface area contributed by atoms with Gasteiger partial charge in [-0.1, -0.05) is 33.9 Å². The van der Waals surface area contributed by atoms with Crippen LogP contribution in [0.2, 0.25) is 18.1 Å². The van der Waals surface area contributed by atoms with E-state index in [1.165, 1.54) is 0 Å². The number of benzene rings is 1. The maximum atomic E-state index is 13.2. The summed E-state index contributed by atoms with van der Waals surface area (Å²) in [5.41, 5.74) is 3.03. The van der Waals surface area contributed by atoms with E-state index in [2.05, 4.69) is 50.6 Å². The summed E-state index contributed by atoms with van der Waals surface area (Å²) in [6, 6.07) is 1.41. The summed E-state index contributed by atoms with van der Waals surface area (Å²) in [4.78, 5) is 23.4. The van der Waals surface area contributed by atoms with Crippen LogP contribution in [0, 0.1) is 23.1 Å². The van der Waals surface area contributed by atoms with Gasteiger partial charge in [-0.25, -0.2) is 13.6 Å². The van der Waals surface area contributed by atoms with E-state index in [0.717, 1.165) is 18.2 Å². The lowest BCUT2D eigenvalue weighted by Crippen LogP contribution is -2.41. The van der Waals surface area contributed by atoms with Crippen molar-refractivity contribution in [2.75, 3.05) is 0 Å². The van der Waals surface area contributed by atoms with Crippen molar-refractivity contribution in [2.24, 2.45) is 0 Å². The summed E-state index contributed by atoms with van der Waals surface area (Å²) in [5.74, 6) is -1.40. The molecule has 0 fully saturated rings. The molecule has 2 N–H and O–H groups in total. The second-order valence-electron chi connectivity index (χ2n) is 7.37. The van der Waals surface area contributed by atoms with E-state index in [-0.39, 0.29) is 17.0 Å². The van der Waals surface area contributed by atoms with Gasteiger partial charge in [0.05, 0.1) is 0 Å². The largest absolute Gasteiger partial charge is 0.480 e. The number of carbonyl (C=O) groups is 2. The third kappa shape index (κ3) is 5.68. The Kier molecular flexibility index (Phi) is 6.49. The van der Waals surface area contributed by atoms with Crippen LogP contribution in [-0.4, -0.2) is 31.1 Å². The first-order chi connectivity index (χ1) is 11.3. The SMILES string of the molecule is CC(C)(C)[Si](C)(C)C#CC[C@@H](NC(=O)c1ccc(F)c(F)c1)C(=O)O. The van der Waals surface area contributed by atoms with Gasteiger partial charge in [0.1, 0.15) is 14.1 Å². The normalized spacial score (nSPS) is 12.8. The first kappa shape index (κ1) is 20.8. The summed E-state index contributed by atoms with van der Waals surface area (Å²) in [5, 5.41) is 11.6. The number of carboxylic acid groups (broad SMARTS) is 1. The number of hydrogen-bond acceptors (Lipinski definition) is 2. The Hall–Kier alpha value is -2.20. The fourth-order valence-corrected chi connectivity index (χ4v) is 2.56. The first-order valence-electron chi connectivity index (χ1n) is 7.84. The predicted molar refractivity (Wildman–Crippen MR) is 94.8 cm³/mol. The minimum absolute atomic E-state index is 0.0353. The number of halogens is 2. The molecule has 1 aromatic rings. The molecule has 0 saturated carbocycles. The number of rotatable bonds is 4. The lowest BCUT2D eigenvalue weighted by molar-refractivity contribution is -0.139.